The number of amides is 3. The second-order valence-corrected chi connectivity index (χ2v) is 4.07. The molecule has 1 saturated heterocycles. The minimum Gasteiger partial charge on any atom is -0.480 e. The molecular formula is C11H14N2O7. The van der Waals surface area contributed by atoms with Crippen molar-refractivity contribution in [2.75, 3.05) is 6.54 Å². The second-order valence-electron chi connectivity index (χ2n) is 4.07. The lowest BCUT2D eigenvalue weighted by molar-refractivity contribution is -0.197. The normalized spacial score (nSPS) is 14.3. The summed E-state index contributed by atoms with van der Waals surface area (Å²) in [6.07, 6.45) is -0.0459. The minimum atomic E-state index is -1.16. The second kappa shape index (κ2) is 7.22. The first-order valence-corrected chi connectivity index (χ1v) is 5.95. The summed E-state index contributed by atoms with van der Waals surface area (Å²) in [5.74, 6) is -3.60. The van der Waals surface area contributed by atoms with Gasteiger partial charge in [0.2, 0.25) is 5.91 Å². The van der Waals surface area contributed by atoms with E-state index in [1.807, 2.05) is 0 Å². The fourth-order valence-electron chi connectivity index (χ4n) is 1.46. The molecule has 0 bridgehead atoms. The Balaban J connectivity index is 2.20. The van der Waals surface area contributed by atoms with E-state index >= 15 is 0 Å². The molecule has 20 heavy (non-hydrogen) atoms. The lowest BCUT2D eigenvalue weighted by Crippen LogP contribution is -2.32. The number of hydrogen-bond acceptors (Lipinski definition) is 6. The molecule has 1 fully saturated rings. The lowest BCUT2D eigenvalue weighted by Gasteiger charge is -2.12. The first-order valence-electron chi connectivity index (χ1n) is 5.95. The Labute approximate surface area is 113 Å². The Morgan fingerprint density at radius 1 is 1.15 bits per heavy atom. The van der Waals surface area contributed by atoms with Crippen LogP contribution in [0.15, 0.2) is 0 Å². The number of imide groups is 1. The maximum atomic E-state index is 11.3. The number of carbonyl (C=O) groups is 5. The molecule has 1 rings (SSSR count). The van der Waals surface area contributed by atoms with Crippen molar-refractivity contribution in [1.82, 2.24) is 10.4 Å². The van der Waals surface area contributed by atoms with Crippen LogP contribution in [0.1, 0.15) is 32.1 Å². The van der Waals surface area contributed by atoms with Gasteiger partial charge in [0.15, 0.2) is 0 Å². The summed E-state index contributed by atoms with van der Waals surface area (Å²) in [7, 11) is 0. The summed E-state index contributed by atoms with van der Waals surface area (Å²) in [6, 6.07) is 0. The number of carbonyl (C=O) groups excluding carboxylic acids is 4. The van der Waals surface area contributed by atoms with Crippen molar-refractivity contribution < 1.29 is 33.9 Å². The van der Waals surface area contributed by atoms with Crippen LogP contribution in [0.25, 0.3) is 0 Å². The Hall–Kier alpha value is -2.45. The van der Waals surface area contributed by atoms with Crippen molar-refractivity contribution in [1.29, 1.82) is 0 Å². The van der Waals surface area contributed by atoms with E-state index in [0.29, 0.717) is 5.06 Å². The standard InChI is InChI=1S/C11H14N2O7/c14-7(12-6-10(17)18)2-1-3-11(19)20-13-8(15)4-5-9(13)16/h1-6H2,(H,12,14)(H,17,18). The fourth-order valence-corrected chi connectivity index (χ4v) is 1.46. The molecule has 0 atom stereocenters. The van der Waals surface area contributed by atoms with Gasteiger partial charge in [-0.1, -0.05) is 0 Å². The van der Waals surface area contributed by atoms with Gasteiger partial charge >= 0.3 is 11.9 Å². The summed E-state index contributed by atoms with van der Waals surface area (Å²) in [5.41, 5.74) is 0. The van der Waals surface area contributed by atoms with E-state index < -0.39 is 36.2 Å². The van der Waals surface area contributed by atoms with Crippen LogP contribution in [0.2, 0.25) is 0 Å². The summed E-state index contributed by atoms with van der Waals surface area (Å²) < 4.78 is 0. The maximum absolute atomic E-state index is 11.3. The Bertz CT molecular complexity index is 430. The van der Waals surface area contributed by atoms with Gasteiger partial charge in [0.1, 0.15) is 6.54 Å². The van der Waals surface area contributed by atoms with Crippen LogP contribution in [-0.2, 0) is 28.8 Å². The van der Waals surface area contributed by atoms with E-state index in [0.717, 1.165) is 0 Å². The van der Waals surface area contributed by atoms with Gasteiger partial charge in [-0.2, -0.15) is 0 Å². The van der Waals surface area contributed by atoms with Gasteiger partial charge in [0.05, 0.1) is 0 Å². The van der Waals surface area contributed by atoms with Crippen molar-refractivity contribution in [3.05, 3.63) is 0 Å². The van der Waals surface area contributed by atoms with Gasteiger partial charge < -0.3 is 15.3 Å². The van der Waals surface area contributed by atoms with Crippen molar-refractivity contribution >= 4 is 29.7 Å². The fraction of sp³-hybridized carbons (Fsp3) is 0.545. The van der Waals surface area contributed by atoms with E-state index in [1.165, 1.54) is 0 Å². The third-order valence-corrected chi connectivity index (χ3v) is 2.42. The van der Waals surface area contributed by atoms with Gasteiger partial charge in [-0.3, -0.25) is 19.2 Å². The zero-order chi connectivity index (χ0) is 15.1. The molecule has 1 aliphatic heterocycles. The van der Waals surface area contributed by atoms with Crippen LogP contribution in [0.5, 0.6) is 0 Å². The minimum absolute atomic E-state index is 0.0176. The van der Waals surface area contributed by atoms with Crippen LogP contribution >= 0.6 is 0 Å². The predicted molar refractivity (Wildman–Crippen MR) is 61.7 cm³/mol. The highest BCUT2D eigenvalue weighted by molar-refractivity contribution is 6.01. The number of aliphatic carboxylic acids is 1. The average Bonchev–Trinajstić information content (AvgIpc) is 2.68. The van der Waals surface area contributed by atoms with E-state index in [9.17, 15) is 24.0 Å². The van der Waals surface area contributed by atoms with Crippen LogP contribution < -0.4 is 5.32 Å². The number of carboxylic acid groups (broad SMARTS) is 1. The number of rotatable bonds is 7. The summed E-state index contributed by atoms with van der Waals surface area (Å²) in [6.45, 7) is -0.486. The summed E-state index contributed by atoms with van der Waals surface area (Å²) in [5, 5.41) is 10.9. The monoisotopic (exact) mass is 286 g/mol. The van der Waals surface area contributed by atoms with E-state index in [1.54, 1.807) is 0 Å². The van der Waals surface area contributed by atoms with Gasteiger partial charge in [-0.25, -0.2) is 4.79 Å². The van der Waals surface area contributed by atoms with Gasteiger partial charge in [0.25, 0.3) is 11.8 Å². The molecule has 1 heterocycles. The van der Waals surface area contributed by atoms with E-state index in [4.69, 9.17) is 5.11 Å². The number of hydroxylamine groups is 2. The number of hydrogen-bond donors (Lipinski definition) is 2. The molecule has 2 N–H and O–H groups in total. The molecule has 9 heteroatoms. The smallest absolute Gasteiger partial charge is 0.333 e. The molecule has 0 radical (unpaired) electrons. The Morgan fingerprint density at radius 2 is 1.75 bits per heavy atom. The molecule has 0 spiro atoms. The quantitative estimate of drug-likeness (QED) is 0.572. The SMILES string of the molecule is O=C(O)CNC(=O)CCCC(=O)ON1C(=O)CCC1=O. The van der Waals surface area contributed by atoms with Crippen LogP contribution in [0.4, 0.5) is 0 Å². The molecule has 0 aliphatic carbocycles. The molecule has 0 unspecified atom stereocenters. The average molecular weight is 286 g/mol. The van der Waals surface area contributed by atoms with Crippen molar-refractivity contribution in [3.63, 3.8) is 0 Å². The first kappa shape index (κ1) is 15.6. The predicted octanol–water partition coefficient (Wildman–Crippen LogP) is -1.04. The molecular weight excluding hydrogens is 272 g/mol. The molecule has 0 aromatic carbocycles. The highest BCUT2D eigenvalue weighted by Gasteiger charge is 2.32. The summed E-state index contributed by atoms with van der Waals surface area (Å²) >= 11 is 0. The van der Waals surface area contributed by atoms with Crippen LogP contribution in [-0.4, -0.2) is 46.4 Å². The molecule has 0 aromatic heterocycles. The molecule has 1 aliphatic rings. The van der Waals surface area contributed by atoms with Crippen molar-refractivity contribution in [2.24, 2.45) is 0 Å². The molecule has 110 valence electrons. The van der Waals surface area contributed by atoms with E-state index in [-0.39, 0.29) is 32.1 Å². The molecule has 3 amide bonds. The van der Waals surface area contributed by atoms with Crippen molar-refractivity contribution in [2.45, 2.75) is 32.1 Å². The van der Waals surface area contributed by atoms with Crippen LogP contribution in [0.3, 0.4) is 0 Å². The van der Waals surface area contributed by atoms with E-state index in [2.05, 4.69) is 10.2 Å². The molecule has 0 aromatic rings. The highest BCUT2D eigenvalue weighted by Crippen LogP contribution is 2.13. The molecule has 9 nitrogen and oxygen atoms in total. The third kappa shape index (κ3) is 5.04. The topological polar surface area (TPSA) is 130 Å². The maximum Gasteiger partial charge on any atom is 0.333 e. The van der Waals surface area contributed by atoms with Gasteiger partial charge in [0, 0.05) is 25.7 Å². The molecule has 0 saturated carbocycles. The number of carboxylic acids is 1. The number of nitrogens with one attached hydrogen (secondary N) is 1. The third-order valence-electron chi connectivity index (χ3n) is 2.42. The largest absolute Gasteiger partial charge is 0.480 e. The first-order chi connectivity index (χ1) is 9.40. The van der Waals surface area contributed by atoms with Gasteiger partial charge in [-0.15, -0.1) is 5.06 Å². The summed E-state index contributed by atoms with van der Waals surface area (Å²) in [4.78, 5) is 59.6. The number of nitrogens with zero attached hydrogens (tertiary/aromatic N) is 1. The Morgan fingerprint density at radius 3 is 2.30 bits per heavy atom. The lowest BCUT2D eigenvalue weighted by atomic mass is 10.2. The van der Waals surface area contributed by atoms with Gasteiger partial charge in [-0.05, 0) is 6.42 Å². The zero-order valence-corrected chi connectivity index (χ0v) is 10.6. The zero-order valence-electron chi connectivity index (χ0n) is 10.6. The Kier molecular flexibility index (Phi) is 5.63. The highest BCUT2D eigenvalue weighted by atomic mass is 16.7. The van der Waals surface area contributed by atoms with Crippen LogP contribution in [0, 0.1) is 0 Å². The van der Waals surface area contributed by atoms with Crippen molar-refractivity contribution in [3.8, 4) is 0 Å².